The smallest absolute Gasteiger partial charge is 0.263 e. The van der Waals surface area contributed by atoms with Crippen LogP contribution in [-0.4, -0.2) is 23.9 Å². The number of aryl methyl sites for hydroxylation is 1. The average molecular weight is 382 g/mol. The molecule has 2 aromatic carbocycles. The van der Waals surface area contributed by atoms with E-state index in [2.05, 4.69) is 36.4 Å². The number of carbonyl (C=O) groups is 1. The fourth-order valence-corrected chi connectivity index (χ4v) is 4.51. The Bertz CT molecular complexity index is 1080. The third kappa shape index (κ3) is 2.81. The molecule has 2 heterocycles. The van der Waals surface area contributed by atoms with Gasteiger partial charge in [-0.25, -0.2) is 8.78 Å². The van der Waals surface area contributed by atoms with E-state index >= 15 is 0 Å². The number of rotatable bonds is 4. The van der Waals surface area contributed by atoms with Crippen LogP contribution in [0.3, 0.4) is 0 Å². The zero-order valence-corrected chi connectivity index (χ0v) is 16.6. The van der Waals surface area contributed by atoms with Crippen molar-refractivity contribution in [2.45, 2.75) is 40.2 Å². The second kappa shape index (κ2) is 6.73. The molecule has 0 spiro atoms. The van der Waals surface area contributed by atoms with E-state index in [1.165, 1.54) is 29.0 Å². The topological polar surface area (TPSA) is 25.2 Å². The van der Waals surface area contributed by atoms with Gasteiger partial charge in [-0.05, 0) is 49.1 Å². The van der Waals surface area contributed by atoms with Gasteiger partial charge in [0.1, 0.15) is 5.78 Å². The first-order chi connectivity index (χ1) is 13.3. The Morgan fingerprint density at radius 3 is 2.43 bits per heavy atom. The number of hydrogen-bond acceptors (Lipinski definition) is 2. The first kappa shape index (κ1) is 18.7. The summed E-state index contributed by atoms with van der Waals surface area (Å²) in [5.41, 5.74) is 7.47. The second-order valence-electron chi connectivity index (χ2n) is 7.75. The maximum absolute atomic E-state index is 13.0. The first-order valence-electron chi connectivity index (χ1n) is 9.54. The van der Waals surface area contributed by atoms with Crippen molar-refractivity contribution >= 4 is 22.4 Å². The lowest BCUT2D eigenvalue weighted by Crippen LogP contribution is -2.29. The van der Waals surface area contributed by atoms with E-state index < -0.39 is 6.43 Å². The molecule has 3 nitrogen and oxygen atoms in total. The molecule has 5 heteroatoms. The average Bonchev–Trinajstić information content (AvgIpc) is 2.97. The summed E-state index contributed by atoms with van der Waals surface area (Å²) in [7, 11) is 2.09. The molecule has 0 fully saturated rings. The minimum absolute atomic E-state index is 0.0102. The van der Waals surface area contributed by atoms with E-state index in [0.717, 1.165) is 40.7 Å². The molecule has 146 valence electrons. The molecule has 0 atom stereocenters. The summed E-state index contributed by atoms with van der Waals surface area (Å²) in [5, 5.41) is 1.09. The van der Waals surface area contributed by atoms with Gasteiger partial charge in [-0.1, -0.05) is 24.3 Å². The Morgan fingerprint density at radius 1 is 1.14 bits per heavy atom. The van der Waals surface area contributed by atoms with Crippen LogP contribution < -0.4 is 4.90 Å². The molecule has 3 aromatic rings. The van der Waals surface area contributed by atoms with Gasteiger partial charge in [-0.3, -0.25) is 4.79 Å². The first-order valence-corrected chi connectivity index (χ1v) is 9.54. The van der Waals surface area contributed by atoms with Gasteiger partial charge in [0.25, 0.3) is 6.43 Å². The third-order valence-corrected chi connectivity index (χ3v) is 5.83. The molecule has 0 amide bonds. The highest BCUT2D eigenvalue weighted by Crippen LogP contribution is 2.44. The van der Waals surface area contributed by atoms with Crippen molar-refractivity contribution in [1.29, 1.82) is 0 Å². The number of ketones is 1. The van der Waals surface area contributed by atoms with Crippen LogP contribution in [0.2, 0.25) is 0 Å². The van der Waals surface area contributed by atoms with Crippen molar-refractivity contribution in [2.75, 3.05) is 18.5 Å². The van der Waals surface area contributed by atoms with Crippen molar-refractivity contribution in [3.63, 3.8) is 0 Å². The quantitative estimate of drug-likeness (QED) is 0.600. The van der Waals surface area contributed by atoms with Crippen LogP contribution in [0.1, 0.15) is 35.7 Å². The zero-order chi connectivity index (χ0) is 20.2. The minimum Gasteiger partial charge on any atom is -0.371 e. The standard InChI is InChI=1S/C23H24F2N2O/c1-13-11-19-20(16-5-7-17(8-6-16)23(24)25)18(12-14(2)28)15(3)21-22(19)27(13)10-9-26(21)4/h5-8,11,23H,9-10,12H2,1-4H3. The summed E-state index contributed by atoms with van der Waals surface area (Å²) >= 11 is 0. The van der Waals surface area contributed by atoms with E-state index in [9.17, 15) is 13.6 Å². The second-order valence-corrected chi connectivity index (χ2v) is 7.75. The fraction of sp³-hybridized carbons (Fsp3) is 0.348. The number of alkyl halides is 2. The SMILES string of the molecule is CC(=O)Cc1c(C)c2c3c(cc(C)n3CCN2C)c1-c1ccc(C(F)F)cc1. The number of halogens is 2. The Hall–Kier alpha value is -2.69. The van der Waals surface area contributed by atoms with Crippen LogP contribution >= 0.6 is 0 Å². The van der Waals surface area contributed by atoms with Gasteiger partial charge in [0.15, 0.2) is 0 Å². The number of benzene rings is 2. The summed E-state index contributed by atoms with van der Waals surface area (Å²) in [6, 6.07) is 8.63. The Morgan fingerprint density at radius 2 is 1.82 bits per heavy atom. The molecule has 28 heavy (non-hydrogen) atoms. The summed E-state index contributed by atoms with van der Waals surface area (Å²) in [6.07, 6.45) is -2.16. The Labute approximate surface area is 163 Å². The minimum atomic E-state index is -2.49. The van der Waals surface area contributed by atoms with E-state index in [-0.39, 0.29) is 11.3 Å². The molecule has 0 radical (unpaired) electrons. The summed E-state index contributed by atoms with van der Waals surface area (Å²) < 4.78 is 28.4. The molecule has 1 aliphatic heterocycles. The van der Waals surface area contributed by atoms with Gasteiger partial charge in [-0.2, -0.15) is 0 Å². The van der Waals surface area contributed by atoms with Crippen LogP contribution in [-0.2, 0) is 17.8 Å². The van der Waals surface area contributed by atoms with Crippen LogP contribution in [0.4, 0.5) is 14.5 Å². The third-order valence-electron chi connectivity index (χ3n) is 5.83. The van der Waals surface area contributed by atoms with E-state index in [1.54, 1.807) is 19.1 Å². The summed E-state index contributed by atoms with van der Waals surface area (Å²) in [5.74, 6) is 0.0923. The van der Waals surface area contributed by atoms with Gasteiger partial charge < -0.3 is 9.47 Å². The van der Waals surface area contributed by atoms with E-state index in [4.69, 9.17) is 0 Å². The number of Topliss-reactive ketones (excluding diaryl/α,β-unsaturated/α-hetero) is 1. The molecule has 1 aliphatic rings. The van der Waals surface area contributed by atoms with E-state index in [0.29, 0.717) is 6.42 Å². The molecule has 0 aliphatic carbocycles. The maximum atomic E-state index is 13.0. The van der Waals surface area contributed by atoms with Gasteiger partial charge in [-0.15, -0.1) is 0 Å². The van der Waals surface area contributed by atoms with Gasteiger partial charge in [0.05, 0.1) is 11.2 Å². The zero-order valence-electron chi connectivity index (χ0n) is 16.6. The largest absolute Gasteiger partial charge is 0.371 e. The normalized spacial score (nSPS) is 13.6. The van der Waals surface area contributed by atoms with Gasteiger partial charge >= 0.3 is 0 Å². The van der Waals surface area contributed by atoms with Crippen LogP contribution in [0, 0.1) is 13.8 Å². The predicted octanol–water partition coefficient (Wildman–Crippen LogP) is 5.44. The Kier molecular flexibility index (Phi) is 4.48. The summed E-state index contributed by atoms with van der Waals surface area (Å²) in [6.45, 7) is 7.59. The number of likely N-dealkylation sites (N-methyl/N-ethyl adjacent to an activating group) is 1. The van der Waals surface area contributed by atoms with E-state index in [1.807, 2.05) is 0 Å². The highest BCUT2D eigenvalue weighted by atomic mass is 19.3. The number of anilines is 1. The maximum Gasteiger partial charge on any atom is 0.263 e. The number of hydrogen-bond donors (Lipinski definition) is 0. The van der Waals surface area contributed by atoms with Crippen molar-refractivity contribution in [3.8, 4) is 11.1 Å². The van der Waals surface area contributed by atoms with Crippen molar-refractivity contribution in [1.82, 2.24) is 4.57 Å². The van der Waals surface area contributed by atoms with Crippen molar-refractivity contribution in [2.24, 2.45) is 0 Å². The molecule has 0 saturated carbocycles. The molecular weight excluding hydrogens is 358 g/mol. The fourth-order valence-electron chi connectivity index (χ4n) is 4.51. The highest BCUT2D eigenvalue weighted by Gasteiger charge is 2.27. The Balaban J connectivity index is 2.08. The molecular formula is C23H24F2N2O. The van der Waals surface area contributed by atoms with Gasteiger partial charge in [0, 0.05) is 43.2 Å². The van der Waals surface area contributed by atoms with Gasteiger partial charge in [0.2, 0.25) is 0 Å². The molecule has 0 saturated heterocycles. The number of carbonyl (C=O) groups excluding carboxylic acids is 1. The number of aromatic nitrogens is 1. The molecule has 0 unspecified atom stereocenters. The lowest BCUT2D eigenvalue weighted by atomic mass is 9.87. The lowest BCUT2D eigenvalue weighted by molar-refractivity contribution is -0.116. The van der Waals surface area contributed by atoms with Crippen molar-refractivity contribution < 1.29 is 13.6 Å². The molecule has 0 bridgehead atoms. The molecule has 4 rings (SSSR count). The predicted molar refractivity (Wildman–Crippen MR) is 109 cm³/mol. The highest BCUT2D eigenvalue weighted by molar-refractivity contribution is 6.07. The van der Waals surface area contributed by atoms with Crippen LogP contribution in [0.5, 0.6) is 0 Å². The molecule has 0 N–H and O–H groups in total. The van der Waals surface area contributed by atoms with Crippen molar-refractivity contribution in [3.05, 3.63) is 52.7 Å². The molecule has 1 aromatic heterocycles. The lowest BCUT2D eigenvalue weighted by Gasteiger charge is -2.31. The van der Waals surface area contributed by atoms with Crippen LogP contribution in [0.15, 0.2) is 30.3 Å². The number of nitrogens with zero attached hydrogens (tertiary/aromatic N) is 2. The van der Waals surface area contributed by atoms with Crippen LogP contribution in [0.25, 0.3) is 22.0 Å². The monoisotopic (exact) mass is 382 g/mol. The summed E-state index contributed by atoms with van der Waals surface area (Å²) in [4.78, 5) is 14.3.